The highest BCUT2D eigenvalue weighted by atomic mass is 35.5. The lowest BCUT2D eigenvalue weighted by Gasteiger charge is -2.33. The van der Waals surface area contributed by atoms with Gasteiger partial charge in [0.05, 0.1) is 4.90 Å². The molecule has 0 saturated carbocycles. The van der Waals surface area contributed by atoms with Crippen LogP contribution < -0.4 is 10.0 Å². The van der Waals surface area contributed by atoms with Gasteiger partial charge < -0.3 is 10.2 Å². The minimum absolute atomic E-state index is 0.0680. The Kier molecular flexibility index (Phi) is 5.43. The van der Waals surface area contributed by atoms with Crippen LogP contribution >= 0.6 is 23.8 Å². The molecule has 116 valence electrons. The summed E-state index contributed by atoms with van der Waals surface area (Å²) in [5, 5.41) is 4.15. The van der Waals surface area contributed by atoms with E-state index in [-0.39, 0.29) is 10.9 Å². The van der Waals surface area contributed by atoms with E-state index < -0.39 is 10.0 Å². The number of halogens is 1. The van der Waals surface area contributed by atoms with Crippen molar-refractivity contribution in [2.45, 2.75) is 23.8 Å². The molecule has 1 saturated heterocycles. The van der Waals surface area contributed by atoms with Gasteiger partial charge in [0.1, 0.15) is 0 Å². The molecule has 0 radical (unpaired) electrons. The molecular weight excluding hydrogens is 330 g/mol. The fourth-order valence-corrected chi connectivity index (χ4v) is 3.87. The third-order valence-corrected chi connectivity index (χ3v) is 5.69. The van der Waals surface area contributed by atoms with Gasteiger partial charge in [-0.15, -0.1) is 0 Å². The zero-order valence-corrected chi connectivity index (χ0v) is 14.1. The molecule has 1 aliphatic rings. The van der Waals surface area contributed by atoms with Crippen LogP contribution in [0.25, 0.3) is 0 Å². The number of benzene rings is 1. The molecule has 5 nitrogen and oxygen atoms in total. The van der Waals surface area contributed by atoms with Gasteiger partial charge in [0.15, 0.2) is 5.11 Å². The van der Waals surface area contributed by atoms with Gasteiger partial charge in [-0.3, -0.25) is 0 Å². The van der Waals surface area contributed by atoms with E-state index in [0.717, 1.165) is 25.9 Å². The van der Waals surface area contributed by atoms with Crippen LogP contribution in [0.1, 0.15) is 12.8 Å². The topological polar surface area (TPSA) is 61.4 Å². The molecule has 1 aromatic rings. The van der Waals surface area contributed by atoms with E-state index in [1.165, 1.54) is 12.1 Å². The van der Waals surface area contributed by atoms with Crippen LogP contribution in [0.4, 0.5) is 0 Å². The van der Waals surface area contributed by atoms with Crippen molar-refractivity contribution in [2.75, 3.05) is 20.1 Å². The highest BCUT2D eigenvalue weighted by Gasteiger charge is 2.25. The van der Waals surface area contributed by atoms with E-state index in [2.05, 4.69) is 10.0 Å². The second kappa shape index (κ2) is 6.91. The van der Waals surface area contributed by atoms with Gasteiger partial charge in [0, 0.05) is 31.2 Å². The van der Waals surface area contributed by atoms with E-state index in [1.54, 1.807) is 19.2 Å². The number of nitrogens with one attached hydrogen (secondary N) is 2. The molecule has 0 aromatic heterocycles. The fourth-order valence-electron chi connectivity index (χ4n) is 2.26. The largest absolute Gasteiger partial charge is 0.366 e. The Labute approximate surface area is 135 Å². The molecule has 0 bridgehead atoms. The second-order valence-electron chi connectivity index (χ2n) is 4.89. The summed E-state index contributed by atoms with van der Waals surface area (Å²) < 4.78 is 27.3. The number of hydrogen-bond donors (Lipinski definition) is 2. The molecular formula is C13H18ClN3O2S2. The summed E-state index contributed by atoms with van der Waals surface area (Å²) in [6, 6.07) is 6.10. The van der Waals surface area contributed by atoms with Crippen molar-refractivity contribution in [1.82, 2.24) is 14.9 Å². The smallest absolute Gasteiger partial charge is 0.240 e. The highest BCUT2D eigenvalue weighted by Crippen LogP contribution is 2.17. The van der Waals surface area contributed by atoms with E-state index in [0.29, 0.717) is 10.1 Å². The van der Waals surface area contributed by atoms with Crippen LogP contribution in [0.2, 0.25) is 5.02 Å². The molecule has 1 aliphatic heterocycles. The Morgan fingerprint density at radius 1 is 1.29 bits per heavy atom. The fraction of sp³-hybridized carbons (Fsp3) is 0.462. The summed E-state index contributed by atoms with van der Waals surface area (Å²) in [6.45, 7) is 1.49. The Balaban J connectivity index is 1.96. The molecule has 0 unspecified atom stereocenters. The molecule has 0 aliphatic carbocycles. The first kappa shape index (κ1) is 16.5. The molecule has 8 heteroatoms. The molecule has 0 atom stereocenters. The lowest BCUT2D eigenvalue weighted by molar-refractivity contribution is 0.300. The molecule has 1 aromatic carbocycles. The van der Waals surface area contributed by atoms with Crippen molar-refractivity contribution in [1.29, 1.82) is 0 Å². The minimum Gasteiger partial charge on any atom is -0.366 e. The molecule has 2 rings (SSSR count). The van der Waals surface area contributed by atoms with Gasteiger partial charge in [-0.05, 0) is 49.3 Å². The summed E-state index contributed by atoms with van der Waals surface area (Å²) in [5.74, 6) is 0. The zero-order valence-electron chi connectivity index (χ0n) is 11.7. The Hall–Kier alpha value is -0.890. The normalized spacial score (nSPS) is 16.8. The Bertz CT molecular complexity index is 596. The van der Waals surface area contributed by atoms with Crippen molar-refractivity contribution >= 4 is 39.0 Å². The molecule has 0 amide bonds. The monoisotopic (exact) mass is 347 g/mol. The third-order valence-electron chi connectivity index (χ3n) is 3.44. The van der Waals surface area contributed by atoms with Crippen LogP contribution in [0.3, 0.4) is 0 Å². The lowest BCUT2D eigenvalue weighted by Crippen LogP contribution is -2.48. The number of nitrogens with zero attached hydrogens (tertiary/aromatic N) is 1. The van der Waals surface area contributed by atoms with E-state index in [9.17, 15) is 8.42 Å². The molecule has 1 fully saturated rings. The highest BCUT2D eigenvalue weighted by molar-refractivity contribution is 7.89. The van der Waals surface area contributed by atoms with Crippen molar-refractivity contribution in [3.63, 3.8) is 0 Å². The third kappa shape index (κ3) is 4.29. The molecule has 21 heavy (non-hydrogen) atoms. The summed E-state index contributed by atoms with van der Waals surface area (Å²) in [6.07, 6.45) is 1.46. The quantitative estimate of drug-likeness (QED) is 0.813. The summed E-state index contributed by atoms with van der Waals surface area (Å²) >= 11 is 11.0. The number of piperidine rings is 1. The average Bonchev–Trinajstić information content (AvgIpc) is 2.47. The first-order valence-corrected chi connectivity index (χ1v) is 8.94. The van der Waals surface area contributed by atoms with Crippen LogP contribution in [-0.2, 0) is 10.0 Å². The first-order valence-electron chi connectivity index (χ1n) is 6.67. The number of likely N-dealkylation sites (tertiary alicyclic amines) is 1. The maximum Gasteiger partial charge on any atom is 0.240 e. The summed E-state index contributed by atoms with van der Waals surface area (Å²) in [4.78, 5) is 2.28. The predicted molar refractivity (Wildman–Crippen MR) is 88.0 cm³/mol. The second-order valence-corrected chi connectivity index (χ2v) is 7.43. The van der Waals surface area contributed by atoms with Crippen molar-refractivity contribution in [3.05, 3.63) is 29.3 Å². The minimum atomic E-state index is -3.50. The van der Waals surface area contributed by atoms with Crippen molar-refractivity contribution < 1.29 is 8.42 Å². The van der Waals surface area contributed by atoms with Gasteiger partial charge in [-0.1, -0.05) is 11.6 Å². The lowest BCUT2D eigenvalue weighted by atomic mass is 10.1. The van der Waals surface area contributed by atoms with Gasteiger partial charge >= 0.3 is 0 Å². The zero-order chi connectivity index (χ0) is 15.5. The van der Waals surface area contributed by atoms with Gasteiger partial charge in [0.25, 0.3) is 0 Å². The maximum atomic E-state index is 12.3. The van der Waals surface area contributed by atoms with Crippen molar-refractivity contribution in [2.24, 2.45) is 0 Å². The predicted octanol–water partition coefficient (Wildman–Crippen LogP) is 1.59. The number of hydrogen-bond acceptors (Lipinski definition) is 3. The SMILES string of the molecule is CNC(=S)N1CCC(NS(=O)(=O)c2ccc(Cl)cc2)CC1. The van der Waals surface area contributed by atoms with Crippen LogP contribution in [0, 0.1) is 0 Å². The van der Waals surface area contributed by atoms with E-state index in [4.69, 9.17) is 23.8 Å². The van der Waals surface area contributed by atoms with Crippen LogP contribution in [0.5, 0.6) is 0 Å². The van der Waals surface area contributed by atoms with E-state index >= 15 is 0 Å². The Morgan fingerprint density at radius 2 is 1.86 bits per heavy atom. The Morgan fingerprint density at radius 3 is 2.38 bits per heavy atom. The van der Waals surface area contributed by atoms with Crippen molar-refractivity contribution in [3.8, 4) is 0 Å². The summed E-state index contributed by atoms with van der Waals surface area (Å²) in [7, 11) is -1.71. The number of thiocarbonyl (C=S) groups is 1. The maximum absolute atomic E-state index is 12.3. The first-order chi connectivity index (χ1) is 9.92. The summed E-state index contributed by atoms with van der Waals surface area (Å²) in [5.41, 5.74) is 0. The average molecular weight is 348 g/mol. The molecule has 2 N–H and O–H groups in total. The van der Waals surface area contributed by atoms with Gasteiger partial charge in [-0.2, -0.15) is 0 Å². The number of sulfonamides is 1. The molecule has 1 heterocycles. The van der Waals surface area contributed by atoms with Crippen LogP contribution in [0.15, 0.2) is 29.2 Å². The number of rotatable bonds is 3. The van der Waals surface area contributed by atoms with Gasteiger partial charge in [0.2, 0.25) is 10.0 Å². The van der Waals surface area contributed by atoms with E-state index in [1.807, 2.05) is 4.90 Å². The van der Waals surface area contributed by atoms with Gasteiger partial charge in [-0.25, -0.2) is 13.1 Å². The molecule has 0 spiro atoms. The standard InChI is InChI=1S/C13H18ClN3O2S2/c1-15-13(20)17-8-6-11(7-9-17)16-21(18,19)12-4-2-10(14)3-5-12/h2-5,11,16H,6-9H2,1H3,(H,15,20). The van der Waals surface area contributed by atoms with Crippen LogP contribution in [-0.4, -0.2) is 44.6 Å².